The summed E-state index contributed by atoms with van der Waals surface area (Å²) in [6, 6.07) is 4.66. The van der Waals surface area contributed by atoms with Gasteiger partial charge < -0.3 is 9.84 Å². The molecule has 0 saturated heterocycles. The van der Waals surface area contributed by atoms with Crippen LogP contribution in [-0.2, 0) is 4.79 Å². The summed E-state index contributed by atoms with van der Waals surface area (Å²) >= 11 is 5.94. The second-order valence-electron chi connectivity index (χ2n) is 9.11. The van der Waals surface area contributed by atoms with Gasteiger partial charge in [-0.05, 0) is 61.3 Å². The first-order valence-electron chi connectivity index (χ1n) is 9.83. The van der Waals surface area contributed by atoms with E-state index < -0.39 is 30.3 Å². The highest BCUT2D eigenvalue weighted by atomic mass is 35.5. The molecule has 1 heterocycles. The number of carbonyl (C=O) groups excluding carboxylic acids is 1. The van der Waals surface area contributed by atoms with Crippen LogP contribution in [0, 0.1) is 24.2 Å². The smallest absolute Gasteiger partial charge is 0.439 e. The summed E-state index contributed by atoms with van der Waals surface area (Å²) in [4.78, 5) is 12.7. The molecule has 0 bridgehead atoms. The molecule has 166 valence electrons. The van der Waals surface area contributed by atoms with Crippen molar-refractivity contribution in [2.45, 2.75) is 58.9 Å². The van der Waals surface area contributed by atoms with Gasteiger partial charge in [-0.25, -0.2) is 0 Å². The highest BCUT2D eigenvalue weighted by Gasteiger charge is 2.69. The average molecular weight is 447 g/mol. The van der Waals surface area contributed by atoms with Crippen LogP contribution in [0.15, 0.2) is 23.3 Å². The molecule has 1 fully saturated rings. The van der Waals surface area contributed by atoms with E-state index in [0.717, 1.165) is 0 Å². The summed E-state index contributed by atoms with van der Waals surface area (Å²) in [7, 11) is 0. The summed E-state index contributed by atoms with van der Waals surface area (Å²) in [5.74, 6) is -2.08. The highest BCUT2D eigenvalue weighted by Crippen LogP contribution is 2.51. The molecule has 1 N–H and O–H groups in total. The van der Waals surface area contributed by atoms with E-state index in [1.54, 1.807) is 19.1 Å². The molecule has 0 radical (unpaired) electrons. The number of hydrazone groups is 1. The van der Waals surface area contributed by atoms with Gasteiger partial charge in [0.15, 0.2) is 6.61 Å². The van der Waals surface area contributed by atoms with Crippen LogP contribution in [0.3, 0.4) is 0 Å². The molecule has 1 aliphatic heterocycles. The number of carbonyl (C=O) groups is 1. The van der Waals surface area contributed by atoms with Crippen molar-refractivity contribution in [2.24, 2.45) is 22.4 Å². The number of nitrogens with zero attached hydrogens (tertiary/aromatic N) is 2. The average Bonchev–Trinajstić information content (AvgIpc) is 2.95. The molecule has 9 heteroatoms. The Morgan fingerprint density at radius 2 is 2.03 bits per heavy atom. The number of hydrogen-bond donors (Lipinski definition) is 1. The van der Waals surface area contributed by atoms with Gasteiger partial charge in [0.2, 0.25) is 0 Å². The van der Waals surface area contributed by atoms with E-state index in [2.05, 4.69) is 5.10 Å². The number of ether oxygens (including phenoxy) is 1. The first kappa shape index (κ1) is 22.9. The minimum absolute atomic E-state index is 0.0290. The Kier molecular flexibility index (Phi) is 5.88. The minimum atomic E-state index is -5.06. The van der Waals surface area contributed by atoms with Crippen molar-refractivity contribution in [1.29, 1.82) is 0 Å². The van der Waals surface area contributed by atoms with Crippen molar-refractivity contribution in [3.63, 3.8) is 0 Å². The zero-order chi connectivity index (χ0) is 22.5. The third kappa shape index (κ3) is 4.04. The van der Waals surface area contributed by atoms with Gasteiger partial charge in [0.05, 0.1) is 5.92 Å². The molecule has 0 unspecified atom stereocenters. The standard InChI is InChI=1S/C21H26ClF3N2O3/c1-12-9-14(6-7-16(12)22)30-11-18(28)27-20(29,21(23,24)25)15-10-13(19(2,3)4)5-8-17(15)26-27/h6-7,9,13,15,29H,5,8,10-11H2,1-4H3/t13-,15-,20+/m0/s1. The van der Waals surface area contributed by atoms with Crippen molar-refractivity contribution in [2.75, 3.05) is 6.61 Å². The summed E-state index contributed by atoms with van der Waals surface area (Å²) < 4.78 is 47.5. The number of hydrogen-bond acceptors (Lipinski definition) is 4. The lowest BCUT2D eigenvalue weighted by Crippen LogP contribution is -2.62. The first-order chi connectivity index (χ1) is 13.7. The number of alkyl halides is 3. The van der Waals surface area contributed by atoms with Crippen LogP contribution in [0.25, 0.3) is 0 Å². The van der Waals surface area contributed by atoms with Crippen LogP contribution in [-0.4, -0.2) is 40.2 Å². The van der Waals surface area contributed by atoms with Crippen molar-refractivity contribution in [3.05, 3.63) is 28.8 Å². The minimum Gasteiger partial charge on any atom is -0.484 e. The zero-order valence-corrected chi connectivity index (χ0v) is 18.1. The maximum absolute atomic E-state index is 14.0. The summed E-state index contributed by atoms with van der Waals surface area (Å²) in [6.07, 6.45) is -3.98. The predicted octanol–water partition coefficient (Wildman–Crippen LogP) is 4.94. The molecular formula is C21H26ClF3N2O3. The van der Waals surface area contributed by atoms with Gasteiger partial charge in [-0.15, -0.1) is 0 Å². The predicted molar refractivity (Wildman–Crippen MR) is 107 cm³/mol. The summed E-state index contributed by atoms with van der Waals surface area (Å²) in [5.41, 5.74) is -2.67. The summed E-state index contributed by atoms with van der Waals surface area (Å²) in [5, 5.41) is 15.4. The van der Waals surface area contributed by atoms with Crippen molar-refractivity contribution in [3.8, 4) is 5.75 Å². The molecule has 30 heavy (non-hydrogen) atoms. The molecular weight excluding hydrogens is 421 g/mol. The Bertz CT molecular complexity index is 866. The fourth-order valence-electron chi connectivity index (χ4n) is 4.17. The van der Waals surface area contributed by atoms with E-state index in [1.807, 2.05) is 20.8 Å². The second-order valence-corrected chi connectivity index (χ2v) is 9.52. The normalized spacial score (nSPS) is 27.0. The maximum Gasteiger partial charge on any atom is 0.439 e. The molecule has 2 aliphatic rings. The number of benzene rings is 1. The molecule has 1 amide bonds. The van der Waals surface area contributed by atoms with Gasteiger partial charge in [0.1, 0.15) is 5.75 Å². The molecule has 0 aromatic heterocycles. The van der Waals surface area contributed by atoms with E-state index in [0.29, 0.717) is 23.4 Å². The topological polar surface area (TPSA) is 62.1 Å². The summed E-state index contributed by atoms with van der Waals surface area (Å²) in [6.45, 7) is 6.94. The van der Waals surface area contributed by atoms with Crippen LogP contribution < -0.4 is 4.74 Å². The molecule has 1 aliphatic carbocycles. The van der Waals surface area contributed by atoms with E-state index >= 15 is 0 Å². The SMILES string of the molecule is Cc1cc(OCC(=O)N2N=C3CC[C@H](C(C)(C)C)C[C@@H]3[C@@]2(O)C(F)(F)F)ccc1Cl. The Morgan fingerprint density at radius 3 is 2.60 bits per heavy atom. The second kappa shape index (κ2) is 7.71. The molecule has 1 saturated carbocycles. The van der Waals surface area contributed by atoms with Gasteiger partial charge in [0, 0.05) is 10.7 Å². The molecule has 0 spiro atoms. The zero-order valence-electron chi connectivity index (χ0n) is 17.4. The lowest BCUT2D eigenvalue weighted by Gasteiger charge is -2.42. The fourth-order valence-corrected chi connectivity index (χ4v) is 4.28. The number of amides is 1. The lowest BCUT2D eigenvalue weighted by molar-refractivity contribution is -0.318. The van der Waals surface area contributed by atoms with Gasteiger partial charge in [0.25, 0.3) is 11.6 Å². The van der Waals surface area contributed by atoms with E-state index in [1.165, 1.54) is 6.07 Å². The van der Waals surface area contributed by atoms with Crippen molar-refractivity contribution in [1.82, 2.24) is 5.01 Å². The third-order valence-electron chi connectivity index (χ3n) is 6.08. The van der Waals surface area contributed by atoms with Gasteiger partial charge >= 0.3 is 6.18 Å². The van der Waals surface area contributed by atoms with Crippen LogP contribution in [0.2, 0.25) is 5.02 Å². The third-order valence-corrected chi connectivity index (χ3v) is 6.50. The van der Waals surface area contributed by atoms with Crippen molar-refractivity contribution < 1.29 is 27.8 Å². The number of rotatable bonds is 3. The Morgan fingerprint density at radius 1 is 1.37 bits per heavy atom. The molecule has 3 atom stereocenters. The first-order valence-corrected chi connectivity index (χ1v) is 10.2. The van der Waals surface area contributed by atoms with Gasteiger partial charge in [-0.3, -0.25) is 4.79 Å². The largest absolute Gasteiger partial charge is 0.484 e. The highest BCUT2D eigenvalue weighted by molar-refractivity contribution is 6.31. The van der Waals surface area contributed by atoms with Gasteiger partial charge in [-0.1, -0.05) is 32.4 Å². The number of aliphatic hydroxyl groups is 1. The Hall–Kier alpha value is -1.80. The van der Waals surface area contributed by atoms with Crippen LogP contribution in [0.5, 0.6) is 5.75 Å². The maximum atomic E-state index is 14.0. The molecule has 5 nitrogen and oxygen atoms in total. The monoisotopic (exact) mass is 446 g/mol. The Labute approximate surface area is 178 Å². The lowest BCUT2D eigenvalue weighted by atomic mass is 9.66. The van der Waals surface area contributed by atoms with E-state index in [4.69, 9.17) is 16.3 Å². The van der Waals surface area contributed by atoms with Gasteiger partial charge in [-0.2, -0.15) is 23.3 Å². The van der Waals surface area contributed by atoms with E-state index in [9.17, 15) is 23.1 Å². The quantitative estimate of drug-likeness (QED) is 0.715. The Balaban J connectivity index is 1.83. The number of aryl methyl sites for hydroxylation is 1. The van der Waals surface area contributed by atoms with Crippen LogP contribution >= 0.6 is 11.6 Å². The number of halogens is 4. The van der Waals surface area contributed by atoms with Crippen LogP contribution in [0.4, 0.5) is 13.2 Å². The molecule has 1 aromatic rings. The van der Waals surface area contributed by atoms with E-state index in [-0.39, 0.29) is 34.2 Å². The molecule has 1 aromatic carbocycles. The van der Waals surface area contributed by atoms with Crippen molar-refractivity contribution >= 4 is 23.2 Å². The number of fused-ring (bicyclic) bond motifs is 1. The molecule has 3 rings (SSSR count). The fraction of sp³-hybridized carbons (Fsp3) is 0.619. The van der Waals surface area contributed by atoms with Crippen LogP contribution in [0.1, 0.15) is 45.6 Å².